The van der Waals surface area contributed by atoms with Crippen LogP contribution < -0.4 is 11.1 Å². The molecule has 26 heavy (non-hydrogen) atoms. The van der Waals surface area contributed by atoms with Gasteiger partial charge in [0.25, 0.3) is 0 Å². The molecule has 8 heteroatoms. The second kappa shape index (κ2) is 8.39. The minimum Gasteiger partial charge on any atom is -0.508 e. The molecule has 2 atom stereocenters. The predicted octanol–water partition coefficient (Wildman–Crippen LogP) is 1.35. The molecule has 0 saturated carbocycles. The van der Waals surface area contributed by atoms with Gasteiger partial charge in [-0.15, -0.1) is 0 Å². The molecule has 0 aliphatic rings. The zero-order valence-corrected chi connectivity index (χ0v) is 13.7. The highest BCUT2D eigenvalue weighted by Crippen LogP contribution is 2.12. The maximum atomic E-state index is 13.2. The van der Waals surface area contributed by atoms with Crippen molar-refractivity contribution >= 4 is 11.9 Å². The standard InChI is InChI=1S/C18H18F2N2O4/c19-13-6-3-11(7-14(13)20)9-16(18(25)26)22-17(24)15(21)8-10-1-4-12(23)5-2-10/h1-7,15-16,23H,8-9,21H2,(H,22,24)(H,25,26)/t15?,16-/m0/s1. The topological polar surface area (TPSA) is 113 Å². The number of phenols is 1. The molecule has 1 unspecified atom stereocenters. The van der Waals surface area contributed by atoms with E-state index in [1.807, 2.05) is 0 Å². The number of nitrogens with one attached hydrogen (secondary N) is 1. The second-order valence-electron chi connectivity index (χ2n) is 5.83. The summed E-state index contributed by atoms with van der Waals surface area (Å²) < 4.78 is 26.2. The summed E-state index contributed by atoms with van der Waals surface area (Å²) in [5.74, 6) is -4.07. The first-order chi connectivity index (χ1) is 12.3. The van der Waals surface area contributed by atoms with Crippen molar-refractivity contribution < 1.29 is 28.6 Å². The first-order valence-electron chi connectivity index (χ1n) is 7.77. The van der Waals surface area contributed by atoms with Crippen LogP contribution in [0.1, 0.15) is 11.1 Å². The molecule has 0 spiro atoms. The third-order valence-corrected chi connectivity index (χ3v) is 3.77. The fourth-order valence-electron chi connectivity index (χ4n) is 2.36. The van der Waals surface area contributed by atoms with Crippen LogP contribution >= 0.6 is 0 Å². The molecule has 5 N–H and O–H groups in total. The van der Waals surface area contributed by atoms with Crippen LogP contribution in [-0.4, -0.2) is 34.2 Å². The highest BCUT2D eigenvalue weighted by atomic mass is 19.2. The largest absolute Gasteiger partial charge is 0.508 e. The molecule has 0 heterocycles. The molecule has 0 fully saturated rings. The number of benzene rings is 2. The van der Waals surface area contributed by atoms with Gasteiger partial charge in [-0.1, -0.05) is 18.2 Å². The quantitative estimate of drug-likeness (QED) is 0.592. The van der Waals surface area contributed by atoms with E-state index in [1.165, 1.54) is 18.2 Å². The van der Waals surface area contributed by atoms with Crippen LogP contribution in [0.3, 0.4) is 0 Å². The van der Waals surface area contributed by atoms with Crippen LogP contribution in [0.2, 0.25) is 0 Å². The Morgan fingerprint density at radius 3 is 2.19 bits per heavy atom. The van der Waals surface area contributed by atoms with E-state index in [4.69, 9.17) is 5.73 Å². The normalized spacial score (nSPS) is 13.0. The van der Waals surface area contributed by atoms with Gasteiger partial charge >= 0.3 is 5.97 Å². The molecule has 1 amide bonds. The van der Waals surface area contributed by atoms with Crippen LogP contribution in [0.4, 0.5) is 8.78 Å². The number of rotatable bonds is 7. The predicted molar refractivity (Wildman–Crippen MR) is 89.4 cm³/mol. The van der Waals surface area contributed by atoms with E-state index in [0.29, 0.717) is 5.56 Å². The third kappa shape index (κ3) is 5.25. The lowest BCUT2D eigenvalue weighted by Crippen LogP contribution is -2.50. The lowest BCUT2D eigenvalue weighted by molar-refractivity contribution is -0.141. The zero-order chi connectivity index (χ0) is 19.3. The number of hydrogen-bond acceptors (Lipinski definition) is 4. The van der Waals surface area contributed by atoms with E-state index in [1.54, 1.807) is 12.1 Å². The van der Waals surface area contributed by atoms with Crippen molar-refractivity contribution in [3.05, 3.63) is 65.2 Å². The molecule has 0 radical (unpaired) electrons. The number of carbonyl (C=O) groups excluding carboxylic acids is 1. The lowest BCUT2D eigenvalue weighted by Gasteiger charge is -2.18. The van der Waals surface area contributed by atoms with Crippen molar-refractivity contribution in [1.29, 1.82) is 0 Å². The number of halogens is 2. The van der Waals surface area contributed by atoms with Gasteiger partial charge in [-0.3, -0.25) is 4.79 Å². The second-order valence-corrected chi connectivity index (χ2v) is 5.83. The van der Waals surface area contributed by atoms with Crippen molar-refractivity contribution in [2.75, 3.05) is 0 Å². The van der Waals surface area contributed by atoms with E-state index >= 15 is 0 Å². The number of carbonyl (C=O) groups is 2. The van der Waals surface area contributed by atoms with E-state index in [0.717, 1.165) is 12.1 Å². The summed E-state index contributed by atoms with van der Waals surface area (Å²) in [4.78, 5) is 23.5. The minimum absolute atomic E-state index is 0.0734. The summed E-state index contributed by atoms with van der Waals surface area (Å²) in [6.45, 7) is 0. The molecule has 138 valence electrons. The van der Waals surface area contributed by atoms with E-state index in [9.17, 15) is 28.6 Å². The molecule has 2 aromatic rings. The molecule has 0 bridgehead atoms. The van der Waals surface area contributed by atoms with Crippen molar-refractivity contribution in [2.24, 2.45) is 5.73 Å². The van der Waals surface area contributed by atoms with Crippen LogP contribution in [0.25, 0.3) is 0 Å². The lowest BCUT2D eigenvalue weighted by atomic mass is 10.0. The Kier molecular flexibility index (Phi) is 6.24. The number of carboxylic acid groups (broad SMARTS) is 1. The van der Waals surface area contributed by atoms with Crippen LogP contribution in [0.5, 0.6) is 5.75 Å². The number of amides is 1. The average molecular weight is 364 g/mol. The van der Waals surface area contributed by atoms with Gasteiger partial charge in [0.15, 0.2) is 11.6 Å². The highest BCUT2D eigenvalue weighted by Gasteiger charge is 2.24. The molecule has 0 aliphatic carbocycles. The van der Waals surface area contributed by atoms with E-state index in [-0.39, 0.29) is 24.2 Å². The number of aliphatic carboxylic acids is 1. The van der Waals surface area contributed by atoms with Crippen molar-refractivity contribution in [2.45, 2.75) is 24.9 Å². The average Bonchev–Trinajstić information content (AvgIpc) is 2.59. The molecule has 2 aromatic carbocycles. The number of aromatic hydroxyl groups is 1. The number of phenolic OH excluding ortho intramolecular Hbond substituents is 1. The molecule has 6 nitrogen and oxygen atoms in total. The summed E-state index contributed by atoms with van der Waals surface area (Å²) in [5.41, 5.74) is 6.71. The fourth-order valence-corrected chi connectivity index (χ4v) is 2.36. The van der Waals surface area contributed by atoms with Crippen LogP contribution in [0.15, 0.2) is 42.5 Å². The van der Waals surface area contributed by atoms with Gasteiger partial charge in [-0.2, -0.15) is 0 Å². The summed E-state index contributed by atoms with van der Waals surface area (Å²) in [6, 6.07) is 6.76. The van der Waals surface area contributed by atoms with E-state index < -0.39 is 35.6 Å². The van der Waals surface area contributed by atoms with Gasteiger partial charge in [-0.25, -0.2) is 13.6 Å². The monoisotopic (exact) mass is 364 g/mol. The third-order valence-electron chi connectivity index (χ3n) is 3.77. The summed E-state index contributed by atoms with van der Waals surface area (Å²) in [5, 5.41) is 20.8. The minimum atomic E-state index is -1.33. The van der Waals surface area contributed by atoms with Crippen molar-refractivity contribution in [1.82, 2.24) is 5.32 Å². The molecule has 0 aromatic heterocycles. The first kappa shape index (κ1) is 19.3. The Balaban J connectivity index is 2.01. The Morgan fingerprint density at radius 2 is 1.62 bits per heavy atom. The summed E-state index contributed by atoms with van der Waals surface area (Å²) in [7, 11) is 0. The van der Waals surface area contributed by atoms with Gasteiger partial charge in [0.05, 0.1) is 6.04 Å². The maximum absolute atomic E-state index is 13.2. The zero-order valence-electron chi connectivity index (χ0n) is 13.7. The SMILES string of the molecule is NC(Cc1ccc(O)cc1)C(=O)N[C@@H](Cc1ccc(F)c(F)c1)C(=O)O. The van der Waals surface area contributed by atoms with Crippen molar-refractivity contribution in [3.8, 4) is 5.75 Å². The summed E-state index contributed by atoms with van der Waals surface area (Å²) in [6.07, 6.45) is -0.0756. The van der Waals surface area contributed by atoms with Gasteiger partial charge in [0, 0.05) is 6.42 Å². The Hall–Kier alpha value is -3.00. The number of carboxylic acids is 1. The van der Waals surface area contributed by atoms with E-state index in [2.05, 4.69) is 5.32 Å². The molecule has 0 saturated heterocycles. The van der Waals surface area contributed by atoms with Gasteiger partial charge in [-0.05, 0) is 41.8 Å². The summed E-state index contributed by atoms with van der Waals surface area (Å²) >= 11 is 0. The highest BCUT2D eigenvalue weighted by molar-refractivity contribution is 5.87. The Labute approximate surface area is 148 Å². The van der Waals surface area contributed by atoms with Crippen molar-refractivity contribution in [3.63, 3.8) is 0 Å². The molecule has 0 aliphatic heterocycles. The Morgan fingerprint density at radius 1 is 1.00 bits per heavy atom. The van der Waals surface area contributed by atoms with Gasteiger partial charge in [0.2, 0.25) is 5.91 Å². The number of nitrogens with two attached hydrogens (primary N) is 1. The molecular weight excluding hydrogens is 346 g/mol. The van der Waals surface area contributed by atoms with Crippen LogP contribution in [0, 0.1) is 11.6 Å². The van der Waals surface area contributed by atoms with Crippen LogP contribution in [-0.2, 0) is 22.4 Å². The smallest absolute Gasteiger partial charge is 0.326 e. The number of hydrogen-bond donors (Lipinski definition) is 4. The maximum Gasteiger partial charge on any atom is 0.326 e. The van der Waals surface area contributed by atoms with Gasteiger partial charge < -0.3 is 21.3 Å². The van der Waals surface area contributed by atoms with Gasteiger partial charge in [0.1, 0.15) is 11.8 Å². The Bertz CT molecular complexity index is 796. The molecule has 2 rings (SSSR count). The molecular formula is C18H18F2N2O4. The fraction of sp³-hybridized carbons (Fsp3) is 0.222. The first-order valence-corrected chi connectivity index (χ1v) is 7.77.